The molecular weight excluding hydrogens is 276 g/mol. The number of carbonyl (C=O) groups excluding carboxylic acids is 3. The van der Waals surface area contributed by atoms with Gasteiger partial charge in [-0.3, -0.25) is 4.90 Å². The SMILES string of the molecule is COC(=O)C1C[N+](Cc2ccccc2)(C(=O)[O-])C(=O)N1C. The van der Waals surface area contributed by atoms with Crippen LogP contribution in [0.2, 0.25) is 0 Å². The summed E-state index contributed by atoms with van der Waals surface area (Å²) in [4.78, 5) is 36.8. The summed E-state index contributed by atoms with van der Waals surface area (Å²) >= 11 is 0. The number of carbonyl (C=O) groups is 3. The summed E-state index contributed by atoms with van der Waals surface area (Å²) in [5.74, 6) is -0.639. The van der Waals surface area contributed by atoms with Crippen LogP contribution in [0, 0.1) is 0 Å². The van der Waals surface area contributed by atoms with Crippen molar-refractivity contribution in [3.8, 4) is 0 Å². The molecular formula is C14H16N2O5. The molecule has 1 aromatic rings. The molecule has 1 aliphatic rings. The monoisotopic (exact) mass is 292 g/mol. The van der Waals surface area contributed by atoms with Gasteiger partial charge in [-0.1, -0.05) is 30.3 Å². The number of ether oxygens (including phenoxy) is 1. The van der Waals surface area contributed by atoms with Crippen molar-refractivity contribution in [2.24, 2.45) is 0 Å². The number of quaternary nitrogens is 1. The first-order chi connectivity index (χ1) is 9.92. The molecule has 2 unspecified atom stereocenters. The van der Waals surface area contributed by atoms with Gasteiger partial charge in [-0.25, -0.2) is 9.59 Å². The second-order valence-corrected chi connectivity index (χ2v) is 4.99. The number of imide groups is 1. The lowest BCUT2D eigenvalue weighted by molar-refractivity contribution is -0.805. The van der Waals surface area contributed by atoms with Gasteiger partial charge in [0.2, 0.25) is 0 Å². The van der Waals surface area contributed by atoms with Crippen LogP contribution >= 0.6 is 0 Å². The highest BCUT2D eigenvalue weighted by Crippen LogP contribution is 2.27. The van der Waals surface area contributed by atoms with Crippen molar-refractivity contribution in [2.45, 2.75) is 12.6 Å². The Morgan fingerprint density at radius 1 is 1.38 bits per heavy atom. The number of amides is 3. The molecule has 1 aromatic carbocycles. The molecule has 1 fully saturated rings. The maximum absolute atomic E-state index is 12.4. The van der Waals surface area contributed by atoms with Gasteiger partial charge < -0.3 is 14.6 Å². The third-order valence-electron chi connectivity index (χ3n) is 3.74. The van der Waals surface area contributed by atoms with Crippen molar-refractivity contribution in [3.63, 3.8) is 0 Å². The number of benzene rings is 1. The quantitative estimate of drug-likeness (QED) is 0.576. The molecule has 1 aliphatic heterocycles. The fourth-order valence-corrected chi connectivity index (χ4v) is 2.54. The average molecular weight is 292 g/mol. The van der Waals surface area contributed by atoms with Gasteiger partial charge in [-0.15, -0.1) is 0 Å². The Labute approximate surface area is 121 Å². The fourth-order valence-electron chi connectivity index (χ4n) is 2.54. The van der Waals surface area contributed by atoms with Gasteiger partial charge in [0.25, 0.3) is 6.09 Å². The first-order valence-corrected chi connectivity index (χ1v) is 6.40. The van der Waals surface area contributed by atoms with E-state index in [4.69, 9.17) is 0 Å². The third kappa shape index (κ3) is 2.47. The molecule has 2 atom stereocenters. The number of rotatable bonds is 3. The number of urea groups is 1. The summed E-state index contributed by atoms with van der Waals surface area (Å²) in [7, 11) is 2.59. The molecule has 3 amide bonds. The Hall–Kier alpha value is -2.41. The van der Waals surface area contributed by atoms with E-state index in [2.05, 4.69) is 4.74 Å². The standard InChI is InChI=1S/C14H16N2O5/c1-15-11(12(17)21-2)9-16(13(15)18,14(19)20)8-10-6-4-3-5-7-10/h3-7,11H,8-9H2,1-2H3. The van der Waals surface area contributed by atoms with Gasteiger partial charge in [-0.2, -0.15) is 4.48 Å². The van der Waals surface area contributed by atoms with Crippen molar-refractivity contribution in [1.29, 1.82) is 0 Å². The minimum Gasteiger partial charge on any atom is -0.498 e. The highest BCUT2D eigenvalue weighted by atomic mass is 16.5. The van der Waals surface area contributed by atoms with Crippen LogP contribution in [0.15, 0.2) is 30.3 Å². The summed E-state index contributed by atoms with van der Waals surface area (Å²) < 4.78 is 3.68. The Balaban J connectivity index is 2.37. The zero-order valence-electron chi connectivity index (χ0n) is 11.8. The molecule has 0 aliphatic carbocycles. The molecule has 2 rings (SSSR count). The van der Waals surface area contributed by atoms with E-state index in [0.29, 0.717) is 5.56 Å². The summed E-state index contributed by atoms with van der Waals surface area (Å²) in [6, 6.07) is 7.14. The zero-order valence-corrected chi connectivity index (χ0v) is 11.8. The second-order valence-electron chi connectivity index (χ2n) is 4.99. The molecule has 0 spiro atoms. The van der Waals surface area contributed by atoms with Crippen LogP contribution in [0.3, 0.4) is 0 Å². The average Bonchev–Trinajstić information content (AvgIpc) is 2.74. The predicted molar refractivity (Wildman–Crippen MR) is 69.6 cm³/mol. The Bertz CT molecular complexity index is 574. The lowest BCUT2D eigenvalue weighted by Crippen LogP contribution is -2.60. The molecule has 7 heteroatoms. The van der Waals surface area contributed by atoms with Crippen LogP contribution in [0.1, 0.15) is 5.56 Å². The topological polar surface area (TPSA) is 86.7 Å². The maximum atomic E-state index is 12.4. The Morgan fingerprint density at radius 2 is 2.00 bits per heavy atom. The molecule has 0 saturated carbocycles. The summed E-state index contributed by atoms with van der Waals surface area (Å²) in [5.41, 5.74) is 0.675. The smallest absolute Gasteiger partial charge is 0.426 e. The van der Waals surface area contributed by atoms with E-state index in [0.717, 1.165) is 4.90 Å². The number of esters is 1. The highest BCUT2D eigenvalue weighted by Gasteiger charge is 2.55. The van der Waals surface area contributed by atoms with Crippen LogP contribution in [0.5, 0.6) is 0 Å². The van der Waals surface area contributed by atoms with Crippen molar-refractivity contribution < 1.29 is 28.7 Å². The van der Waals surface area contributed by atoms with E-state index < -0.39 is 28.6 Å². The van der Waals surface area contributed by atoms with Crippen LogP contribution in [0.4, 0.5) is 9.59 Å². The van der Waals surface area contributed by atoms with Gasteiger partial charge in [-0.05, 0) is 0 Å². The number of hydrogen-bond donors (Lipinski definition) is 0. The first kappa shape index (κ1) is 15.0. The molecule has 0 bridgehead atoms. The molecule has 0 aromatic heterocycles. The number of nitrogens with zero attached hydrogens (tertiary/aromatic N) is 2. The Morgan fingerprint density at radius 3 is 2.52 bits per heavy atom. The number of likely N-dealkylation sites (N-methyl/N-ethyl adjacent to an activating group) is 1. The fraction of sp³-hybridized carbons (Fsp3) is 0.357. The molecule has 1 heterocycles. The highest BCUT2D eigenvalue weighted by molar-refractivity contribution is 5.87. The normalized spacial score (nSPS) is 25.0. The van der Waals surface area contributed by atoms with Gasteiger partial charge in [0.1, 0.15) is 13.1 Å². The van der Waals surface area contributed by atoms with E-state index in [1.165, 1.54) is 14.2 Å². The number of methoxy groups -OCH3 is 1. The number of carboxylic acid groups (broad SMARTS) is 1. The maximum Gasteiger partial charge on any atom is 0.426 e. The minimum absolute atomic E-state index is 0.0696. The van der Waals surface area contributed by atoms with E-state index in [-0.39, 0.29) is 13.1 Å². The van der Waals surface area contributed by atoms with Gasteiger partial charge in [0.15, 0.2) is 6.04 Å². The molecule has 21 heavy (non-hydrogen) atoms. The van der Waals surface area contributed by atoms with Crippen LogP contribution in [0.25, 0.3) is 0 Å². The predicted octanol–water partition coefficient (Wildman–Crippen LogP) is -0.0463. The van der Waals surface area contributed by atoms with Crippen molar-refractivity contribution in [3.05, 3.63) is 35.9 Å². The molecule has 0 radical (unpaired) electrons. The summed E-state index contributed by atoms with van der Waals surface area (Å²) in [5, 5.41) is 11.6. The lowest BCUT2D eigenvalue weighted by atomic mass is 10.2. The van der Waals surface area contributed by atoms with E-state index in [9.17, 15) is 19.5 Å². The zero-order chi connectivity index (χ0) is 15.6. The largest absolute Gasteiger partial charge is 0.498 e. The van der Waals surface area contributed by atoms with Crippen LogP contribution in [-0.4, -0.2) is 54.2 Å². The summed E-state index contributed by atoms with van der Waals surface area (Å²) in [6.07, 6.45) is -1.53. The summed E-state index contributed by atoms with van der Waals surface area (Å²) in [6.45, 7) is -0.279. The Kier molecular flexibility index (Phi) is 3.95. The molecule has 0 N–H and O–H groups in total. The van der Waals surface area contributed by atoms with Crippen LogP contribution in [-0.2, 0) is 16.1 Å². The van der Waals surface area contributed by atoms with Gasteiger partial charge >= 0.3 is 12.0 Å². The number of hydrogen-bond acceptors (Lipinski definition) is 5. The molecule has 1 saturated heterocycles. The van der Waals surface area contributed by atoms with Crippen molar-refractivity contribution in [2.75, 3.05) is 20.7 Å². The van der Waals surface area contributed by atoms with Crippen molar-refractivity contribution in [1.82, 2.24) is 4.90 Å². The van der Waals surface area contributed by atoms with Crippen LogP contribution < -0.4 is 5.11 Å². The van der Waals surface area contributed by atoms with E-state index in [1.54, 1.807) is 30.3 Å². The lowest BCUT2D eigenvalue weighted by Gasteiger charge is -2.29. The first-order valence-electron chi connectivity index (χ1n) is 6.40. The minimum atomic E-state index is -1.53. The van der Waals surface area contributed by atoms with Crippen molar-refractivity contribution >= 4 is 18.1 Å². The van der Waals surface area contributed by atoms with Gasteiger partial charge in [0, 0.05) is 12.6 Å². The van der Waals surface area contributed by atoms with E-state index in [1.807, 2.05) is 0 Å². The van der Waals surface area contributed by atoms with E-state index >= 15 is 0 Å². The third-order valence-corrected chi connectivity index (χ3v) is 3.74. The molecule has 7 nitrogen and oxygen atoms in total. The second kappa shape index (κ2) is 5.53. The van der Waals surface area contributed by atoms with Gasteiger partial charge in [0.05, 0.1) is 7.11 Å². The molecule has 112 valence electrons.